The molecular weight excluding hydrogens is 182 g/mol. The average Bonchev–Trinajstić information content (AvgIpc) is 2.23. The molecule has 1 nitrogen and oxygen atoms in total. The molecule has 82 valence electrons. The Hall–Kier alpha value is -1.08. The van der Waals surface area contributed by atoms with Crippen molar-refractivity contribution in [3.8, 4) is 0 Å². The maximum Gasteiger partial charge on any atom is 0.0248 e. The Balaban J connectivity index is 3.03. The SMILES string of the molecule is CNC(C)/C(C)=C/c1cccc(C)c1C. The molecule has 0 amide bonds. The zero-order valence-corrected chi connectivity index (χ0v) is 10.4. The van der Waals surface area contributed by atoms with Crippen LogP contribution in [0.1, 0.15) is 30.5 Å². The molecule has 1 rings (SSSR count). The third kappa shape index (κ3) is 2.93. The third-order valence-electron chi connectivity index (χ3n) is 3.15. The van der Waals surface area contributed by atoms with Crippen molar-refractivity contribution < 1.29 is 0 Å². The van der Waals surface area contributed by atoms with Gasteiger partial charge in [-0.15, -0.1) is 0 Å². The van der Waals surface area contributed by atoms with Crippen LogP contribution in [0.2, 0.25) is 0 Å². The van der Waals surface area contributed by atoms with E-state index in [1.54, 1.807) is 0 Å². The van der Waals surface area contributed by atoms with Crippen LogP contribution < -0.4 is 5.32 Å². The Morgan fingerprint density at radius 3 is 2.60 bits per heavy atom. The summed E-state index contributed by atoms with van der Waals surface area (Å²) in [6.45, 7) is 8.68. The van der Waals surface area contributed by atoms with Crippen LogP contribution in [0.3, 0.4) is 0 Å². The van der Waals surface area contributed by atoms with Crippen molar-refractivity contribution >= 4 is 6.08 Å². The Labute approximate surface area is 93.2 Å². The molecule has 0 aliphatic rings. The van der Waals surface area contributed by atoms with E-state index in [1.807, 2.05) is 7.05 Å². The van der Waals surface area contributed by atoms with Crippen molar-refractivity contribution in [2.75, 3.05) is 7.05 Å². The lowest BCUT2D eigenvalue weighted by molar-refractivity contribution is 0.696. The molecule has 0 aliphatic heterocycles. The first-order chi connectivity index (χ1) is 7.06. The summed E-state index contributed by atoms with van der Waals surface area (Å²) in [5.41, 5.74) is 5.43. The highest BCUT2D eigenvalue weighted by Gasteiger charge is 2.02. The van der Waals surface area contributed by atoms with E-state index in [2.05, 4.69) is 57.3 Å². The molecule has 0 saturated carbocycles. The second-order valence-corrected chi connectivity index (χ2v) is 4.19. The first kappa shape index (κ1) is 12.0. The van der Waals surface area contributed by atoms with Gasteiger partial charge in [0.15, 0.2) is 0 Å². The van der Waals surface area contributed by atoms with Crippen LogP contribution in [-0.4, -0.2) is 13.1 Å². The monoisotopic (exact) mass is 203 g/mol. The lowest BCUT2D eigenvalue weighted by Crippen LogP contribution is -2.22. The summed E-state index contributed by atoms with van der Waals surface area (Å²) < 4.78 is 0. The Kier molecular flexibility index (Phi) is 4.10. The summed E-state index contributed by atoms with van der Waals surface area (Å²) in [6, 6.07) is 6.88. The van der Waals surface area contributed by atoms with Crippen LogP contribution in [0.4, 0.5) is 0 Å². The topological polar surface area (TPSA) is 12.0 Å². The van der Waals surface area contributed by atoms with Crippen molar-refractivity contribution in [1.82, 2.24) is 5.32 Å². The number of hydrogen-bond donors (Lipinski definition) is 1. The maximum atomic E-state index is 3.25. The normalized spacial score (nSPS) is 14.1. The summed E-state index contributed by atoms with van der Waals surface area (Å²) in [5.74, 6) is 0. The maximum absolute atomic E-state index is 3.25. The third-order valence-corrected chi connectivity index (χ3v) is 3.15. The van der Waals surface area contributed by atoms with Gasteiger partial charge in [-0.1, -0.05) is 29.8 Å². The van der Waals surface area contributed by atoms with E-state index in [1.165, 1.54) is 22.3 Å². The molecule has 1 heteroatoms. The summed E-state index contributed by atoms with van der Waals surface area (Å²) in [6.07, 6.45) is 2.27. The minimum atomic E-state index is 0.435. The minimum absolute atomic E-state index is 0.435. The number of rotatable bonds is 3. The minimum Gasteiger partial charge on any atom is -0.314 e. The van der Waals surface area contributed by atoms with E-state index in [0.717, 1.165) is 0 Å². The van der Waals surface area contributed by atoms with E-state index >= 15 is 0 Å². The molecule has 1 aromatic rings. The van der Waals surface area contributed by atoms with Gasteiger partial charge in [0.2, 0.25) is 0 Å². The molecule has 0 fully saturated rings. The molecule has 1 unspecified atom stereocenters. The van der Waals surface area contributed by atoms with Gasteiger partial charge in [-0.25, -0.2) is 0 Å². The first-order valence-corrected chi connectivity index (χ1v) is 5.48. The van der Waals surface area contributed by atoms with Gasteiger partial charge in [0, 0.05) is 6.04 Å². The molecule has 15 heavy (non-hydrogen) atoms. The molecule has 0 aromatic heterocycles. The molecule has 0 saturated heterocycles. The molecular formula is C14H21N. The van der Waals surface area contributed by atoms with Crippen LogP contribution in [0.5, 0.6) is 0 Å². The van der Waals surface area contributed by atoms with E-state index in [4.69, 9.17) is 0 Å². The summed E-state index contributed by atoms with van der Waals surface area (Å²) in [5, 5.41) is 3.25. The van der Waals surface area contributed by atoms with E-state index in [0.29, 0.717) is 6.04 Å². The number of nitrogens with one attached hydrogen (secondary N) is 1. The molecule has 0 radical (unpaired) electrons. The Morgan fingerprint density at radius 1 is 1.33 bits per heavy atom. The van der Waals surface area contributed by atoms with Crippen molar-refractivity contribution in [3.05, 3.63) is 40.5 Å². The van der Waals surface area contributed by atoms with Crippen LogP contribution in [-0.2, 0) is 0 Å². The molecule has 1 aromatic carbocycles. The van der Waals surface area contributed by atoms with E-state index in [9.17, 15) is 0 Å². The summed E-state index contributed by atoms with van der Waals surface area (Å²) >= 11 is 0. The van der Waals surface area contributed by atoms with Crippen molar-refractivity contribution in [3.63, 3.8) is 0 Å². The lowest BCUT2D eigenvalue weighted by Gasteiger charge is -2.12. The van der Waals surface area contributed by atoms with E-state index in [-0.39, 0.29) is 0 Å². The van der Waals surface area contributed by atoms with Gasteiger partial charge in [0.25, 0.3) is 0 Å². The average molecular weight is 203 g/mol. The van der Waals surface area contributed by atoms with Crippen LogP contribution >= 0.6 is 0 Å². The highest BCUT2D eigenvalue weighted by Crippen LogP contribution is 2.17. The number of hydrogen-bond acceptors (Lipinski definition) is 1. The Bertz CT molecular complexity index is 364. The van der Waals surface area contributed by atoms with Crippen LogP contribution in [0.15, 0.2) is 23.8 Å². The predicted molar refractivity (Wildman–Crippen MR) is 68.1 cm³/mol. The number of aryl methyl sites for hydroxylation is 1. The van der Waals surface area contributed by atoms with Gasteiger partial charge in [-0.2, -0.15) is 0 Å². The molecule has 1 N–H and O–H groups in total. The van der Waals surface area contributed by atoms with Crippen molar-refractivity contribution in [2.45, 2.75) is 33.7 Å². The second-order valence-electron chi connectivity index (χ2n) is 4.19. The number of benzene rings is 1. The van der Waals surface area contributed by atoms with Gasteiger partial charge in [0.1, 0.15) is 0 Å². The Morgan fingerprint density at radius 2 is 2.00 bits per heavy atom. The second kappa shape index (κ2) is 5.13. The molecule has 0 heterocycles. The van der Waals surface area contributed by atoms with E-state index < -0.39 is 0 Å². The fourth-order valence-electron chi connectivity index (χ4n) is 1.53. The molecule has 0 bridgehead atoms. The molecule has 0 aliphatic carbocycles. The predicted octanol–water partition coefficient (Wildman–Crippen LogP) is 3.31. The fourth-order valence-corrected chi connectivity index (χ4v) is 1.53. The van der Waals surface area contributed by atoms with Gasteiger partial charge in [-0.05, 0) is 51.4 Å². The lowest BCUT2D eigenvalue weighted by atomic mass is 10.00. The quantitative estimate of drug-likeness (QED) is 0.794. The highest BCUT2D eigenvalue weighted by atomic mass is 14.8. The molecule has 0 spiro atoms. The van der Waals surface area contributed by atoms with Crippen LogP contribution in [0, 0.1) is 13.8 Å². The first-order valence-electron chi connectivity index (χ1n) is 5.48. The zero-order chi connectivity index (χ0) is 11.4. The van der Waals surface area contributed by atoms with Crippen molar-refractivity contribution in [2.24, 2.45) is 0 Å². The standard InChI is InChI=1S/C14H21N/c1-10-7-6-8-14(12(10)3)9-11(2)13(4)15-5/h6-9,13,15H,1-5H3/b11-9+. The van der Waals surface area contributed by atoms with Gasteiger partial charge in [-0.3, -0.25) is 0 Å². The van der Waals surface area contributed by atoms with Crippen molar-refractivity contribution in [1.29, 1.82) is 0 Å². The largest absolute Gasteiger partial charge is 0.314 e. The summed E-state index contributed by atoms with van der Waals surface area (Å²) in [4.78, 5) is 0. The van der Waals surface area contributed by atoms with Gasteiger partial charge in [0.05, 0.1) is 0 Å². The highest BCUT2D eigenvalue weighted by molar-refractivity contribution is 5.58. The van der Waals surface area contributed by atoms with Gasteiger partial charge < -0.3 is 5.32 Å². The smallest absolute Gasteiger partial charge is 0.0248 e. The van der Waals surface area contributed by atoms with Gasteiger partial charge >= 0.3 is 0 Å². The molecule has 1 atom stereocenters. The fraction of sp³-hybridized carbons (Fsp3) is 0.429. The zero-order valence-electron chi connectivity index (χ0n) is 10.4. The van der Waals surface area contributed by atoms with Crippen LogP contribution in [0.25, 0.3) is 6.08 Å². The summed E-state index contributed by atoms with van der Waals surface area (Å²) in [7, 11) is 1.99. The number of likely N-dealkylation sites (N-methyl/N-ethyl adjacent to an activating group) is 1.